The molecule has 1 rings (SSSR count). The van der Waals surface area contributed by atoms with Crippen LogP contribution in [-0.4, -0.2) is 47.8 Å². The molecular formula is C8H15FN2O2. The van der Waals surface area contributed by atoms with Gasteiger partial charge in [-0.15, -0.1) is 0 Å². The van der Waals surface area contributed by atoms with Gasteiger partial charge in [0.1, 0.15) is 6.67 Å². The summed E-state index contributed by atoms with van der Waals surface area (Å²) >= 11 is 0. The monoisotopic (exact) mass is 190 g/mol. The molecule has 1 saturated heterocycles. The average molecular weight is 190 g/mol. The molecule has 3 N–H and O–H groups in total. The van der Waals surface area contributed by atoms with Crippen molar-refractivity contribution in [3.8, 4) is 0 Å². The molecule has 0 radical (unpaired) electrons. The molecule has 1 aliphatic rings. The molecule has 5 heteroatoms. The van der Waals surface area contributed by atoms with Crippen molar-refractivity contribution < 1.29 is 14.3 Å². The minimum atomic E-state index is -1.45. The van der Waals surface area contributed by atoms with E-state index < -0.39 is 18.2 Å². The number of alkyl halides is 1. The molecule has 0 aromatic rings. The van der Waals surface area contributed by atoms with Crippen LogP contribution in [-0.2, 0) is 4.79 Å². The fourth-order valence-electron chi connectivity index (χ4n) is 1.63. The topological polar surface area (TPSA) is 66.6 Å². The molecule has 76 valence electrons. The first-order valence-electron chi connectivity index (χ1n) is 4.39. The first-order valence-corrected chi connectivity index (χ1v) is 4.39. The molecule has 0 saturated carbocycles. The first-order chi connectivity index (χ1) is 6.08. The zero-order valence-electron chi connectivity index (χ0n) is 7.50. The summed E-state index contributed by atoms with van der Waals surface area (Å²) in [7, 11) is 0. The van der Waals surface area contributed by atoms with Gasteiger partial charge in [0.2, 0.25) is 0 Å². The molecule has 1 aliphatic heterocycles. The Balaban J connectivity index is 2.54. The highest BCUT2D eigenvalue weighted by Crippen LogP contribution is 2.20. The zero-order chi connectivity index (χ0) is 9.90. The van der Waals surface area contributed by atoms with Gasteiger partial charge in [0, 0.05) is 13.1 Å². The van der Waals surface area contributed by atoms with E-state index in [1.807, 2.05) is 0 Å². The fraction of sp³-hybridized carbons (Fsp3) is 0.875. The number of nitrogens with zero attached hydrogens (tertiary/aromatic N) is 1. The van der Waals surface area contributed by atoms with Gasteiger partial charge in [0.15, 0.2) is 5.60 Å². The summed E-state index contributed by atoms with van der Waals surface area (Å²) in [6.07, 6.45) is 1.06. The number of amides is 1. The van der Waals surface area contributed by atoms with E-state index >= 15 is 0 Å². The molecule has 1 heterocycles. The molecule has 1 atom stereocenters. The molecule has 0 aliphatic carbocycles. The van der Waals surface area contributed by atoms with Gasteiger partial charge in [-0.2, -0.15) is 0 Å². The van der Waals surface area contributed by atoms with E-state index in [0.717, 1.165) is 6.54 Å². The van der Waals surface area contributed by atoms with Crippen LogP contribution in [0.3, 0.4) is 0 Å². The van der Waals surface area contributed by atoms with Gasteiger partial charge in [-0.3, -0.25) is 9.69 Å². The highest BCUT2D eigenvalue weighted by Gasteiger charge is 2.38. The van der Waals surface area contributed by atoms with Crippen molar-refractivity contribution in [3.63, 3.8) is 0 Å². The summed E-state index contributed by atoms with van der Waals surface area (Å²) < 4.78 is 12.0. The van der Waals surface area contributed by atoms with E-state index in [0.29, 0.717) is 12.8 Å². The van der Waals surface area contributed by atoms with Crippen molar-refractivity contribution >= 4 is 5.91 Å². The Bertz CT molecular complexity index is 199. The Kier molecular flexibility index (Phi) is 3.22. The highest BCUT2D eigenvalue weighted by atomic mass is 19.1. The Hall–Kier alpha value is -0.680. The van der Waals surface area contributed by atoms with Crippen LogP contribution in [0.1, 0.15) is 12.8 Å². The van der Waals surface area contributed by atoms with Crippen molar-refractivity contribution in [2.75, 3.05) is 26.3 Å². The predicted molar refractivity (Wildman–Crippen MR) is 45.8 cm³/mol. The standard InChI is InChI=1S/C8H15FN2O2/c9-3-5-11-4-1-2-8(13,6-11)7(10)12/h13H,1-6H2,(H2,10,12). The summed E-state index contributed by atoms with van der Waals surface area (Å²) in [6.45, 7) is 0.677. The summed E-state index contributed by atoms with van der Waals surface area (Å²) in [5, 5.41) is 9.71. The van der Waals surface area contributed by atoms with Crippen molar-refractivity contribution in [1.29, 1.82) is 0 Å². The minimum absolute atomic E-state index is 0.159. The SMILES string of the molecule is NC(=O)C1(O)CCCN(CCF)C1. The van der Waals surface area contributed by atoms with Gasteiger partial charge in [-0.05, 0) is 19.4 Å². The van der Waals surface area contributed by atoms with Crippen LogP contribution in [0.15, 0.2) is 0 Å². The Morgan fingerprint density at radius 2 is 2.38 bits per heavy atom. The Morgan fingerprint density at radius 3 is 2.92 bits per heavy atom. The second-order valence-electron chi connectivity index (χ2n) is 3.46. The number of β-amino-alcohol motifs (C(OH)–C–C–N with tert-alkyl or cyclic N) is 1. The van der Waals surface area contributed by atoms with E-state index in [1.165, 1.54) is 0 Å². The van der Waals surface area contributed by atoms with E-state index in [4.69, 9.17) is 5.73 Å². The summed E-state index contributed by atoms with van der Waals surface area (Å²) in [4.78, 5) is 12.6. The largest absolute Gasteiger partial charge is 0.379 e. The van der Waals surface area contributed by atoms with Gasteiger partial charge in [0.25, 0.3) is 5.91 Å². The lowest BCUT2D eigenvalue weighted by Crippen LogP contribution is -2.56. The number of nitrogens with two attached hydrogens (primary N) is 1. The van der Waals surface area contributed by atoms with Gasteiger partial charge in [-0.1, -0.05) is 0 Å². The summed E-state index contributed by atoms with van der Waals surface area (Å²) in [5.41, 5.74) is 3.60. The number of carbonyl (C=O) groups excluding carboxylic acids is 1. The molecule has 0 bridgehead atoms. The molecule has 1 unspecified atom stereocenters. The third-order valence-electron chi connectivity index (χ3n) is 2.41. The van der Waals surface area contributed by atoms with Crippen molar-refractivity contribution in [2.24, 2.45) is 5.73 Å². The quantitative estimate of drug-likeness (QED) is 0.616. The lowest BCUT2D eigenvalue weighted by atomic mass is 9.92. The maximum atomic E-state index is 12.0. The van der Waals surface area contributed by atoms with Crippen LogP contribution in [0.2, 0.25) is 0 Å². The zero-order valence-corrected chi connectivity index (χ0v) is 7.50. The van der Waals surface area contributed by atoms with Crippen LogP contribution in [0.5, 0.6) is 0 Å². The molecule has 1 amide bonds. The maximum Gasteiger partial charge on any atom is 0.250 e. The lowest BCUT2D eigenvalue weighted by Gasteiger charge is -2.36. The van der Waals surface area contributed by atoms with Crippen LogP contribution < -0.4 is 5.73 Å². The second-order valence-corrected chi connectivity index (χ2v) is 3.46. The van der Waals surface area contributed by atoms with E-state index in [9.17, 15) is 14.3 Å². The number of halogens is 1. The first kappa shape index (κ1) is 10.4. The smallest absolute Gasteiger partial charge is 0.250 e. The summed E-state index contributed by atoms with van der Waals surface area (Å²) in [5.74, 6) is -0.712. The Labute approximate surface area is 76.5 Å². The molecule has 4 nitrogen and oxygen atoms in total. The number of likely N-dealkylation sites (tertiary alicyclic amines) is 1. The molecule has 1 fully saturated rings. The molecular weight excluding hydrogens is 175 g/mol. The minimum Gasteiger partial charge on any atom is -0.379 e. The van der Waals surface area contributed by atoms with Gasteiger partial charge in [0.05, 0.1) is 0 Å². The summed E-state index contributed by atoms with van der Waals surface area (Å²) in [6, 6.07) is 0. The number of aliphatic hydroxyl groups is 1. The highest BCUT2D eigenvalue weighted by molar-refractivity contribution is 5.83. The fourth-order valence-corrected chi connectivity index (χ4v) is 1.63. The van der Waals surface area contributed by atoms with Crippen LogP contribution in [0.25, 0.3) is 0 Å². The van der Waals surface area contributed by atoms with Crippen LogP contribution in [0.4, 0.5) is 4.39 Å². The van der Waals surface area contributed by atoms with Gasteiger partial charge in [-0.25, -0.2) is 4.39 Å². The van der Waals surface area contributed by atoms with E-state index in [2.05, 4.69) is 0 Å². The van der Waals surface area contributed by atoms with Gasteiger partial charge >= 0.3 is 0 Å². The Morgan fingerprint density at radius 1 is 1.69 bits per heavy atom. The average Bonchev–Trinajstić information content (AvgIpc) is 2.04. The second kappa shape index (κ2) is 4.02. The normalized spacial score (nSPS) is 30.3. The van der Waals surface area contributed by atoms with Crippen LogP contribution in [0, 0.1) is 0 Å². The number of primary amides is 1. The predicted octanol–water partition coefficient (Wildman–Crippen LogP) is -0.732. The molecule has 0 aromatic heterocycles. The van der Waals surface area contributed by atoms with Crippen molar-refractivity contribution in [1.82, 2.24) is 4.90 Å². The third kappa shape index (κ3) is 2.38. The number of carbonyl (C=O) groups is 1. The van der Waals surface area contributed by atoms with Gasteiger partial charge < -0.3 is 10.8 Å². The lowest BCUT2D eigenvalue weighted by molar-refractivity contribution is -0.142. The molecule has 0 spiro atoms. The number of piperidine rings is 1. The van der Waals surface area contributed by atoms with Crippen molar-refractivity contribution in [2.45, 2.75) is 18.4 Å². The third-order valence-corrected chi connectivity index (χ3v) is 2.41. The van der Waals surface area contributed by atoms with Crippen molar-refractivity contribution in [3.05, 3.63) is 0 Å². The van der Waals surface area contributed by atoms with E-state index in [-0.39, 0.29) is 13.1 Å². The van der Waals surface area contributed by atoms with E-state index in [1.54, 1.807) is 4.90 Å². The molecule has 0 aromatic carbocycles. The molecule has 13 heavy (non-hydrogen) atoms. The maximum absolute atomic E-state index is 12.0. The number of hydrogen-bond acceptors (Lipinski definition) is 3. The number of hydrogen-bond donors (Lipinski definition) is 2. The number of rotatable bonds is 3. The van der Waals surface area contributed by atoms with Crippen LogP contribution >= 0.6 is 0 Å².